The van der Waals surface area contributed by atoms with Crippen LogP contribution in [0.4, 0.5) is 0 Å². The monoisotopic (exact) mass is 395 g/mol. The van der Waals surface area contributed by atoms with Gasteiger partial charge in [0.05, 0.1) is 23.5 Å². The molecule has 3 aromatic rings. The van der Waals surface area contributed by atoms with Gasteiger partial charge in [0.15, 0.2) is 0 Å². The Hall–Kier alpha value is -1.59. The molecule has 0 radical (unpaired) electrons. The molecular weight excluding hydrogens is 381 g/mol. The van der Waals surface area contributed by atoms with Crippen LogP contribution >= 0.6 is 34.8 Å². The first-order chi connectivity index (χ1) is 12.0. The van der Waals surface area contributed by atoms with E-state index >= 15 is 0 Å². The van der Waals surface area contributed by atoms with E-state index in [1.807, 2.05) is 31.4 Å². The minimum absolute atomic E-state index is 0.282. The van der Waals surface area contributed by atoms with Gasteiger partial charge in [0.1, 0.15) is 6.10 Å². The van der Waals surface area contributed by atoms with Crippen molar-refractivity contribution < 1.29 is 4.74 Å². The zero-order chi connectivity index (χ0) is 17.8. The molecule has 0 saturated carbocycles. The predicted molar refractivity (Wildman–Crippen MR) is 100 cm³/mol. The molecule has 0 bridgehead atoms. The van der Waals surface area contributed by atoms with Crippen LogP contribution in [0.15, 0.2) is 48.9 Å². The summed E-state index contributed by atoms with van der Waals surface area (Å²) in [6.45, 7) is 0.336. The van der Waals surface area contributed by atoms with E-state index < -0.39 is 0 Å². The number of hydrogen-bond donors (Lipinski definition) is 0. The minimum Gasteiger partial charge on any atom is -0.367 e. The van der Waals surface area contributed by atoms with E-state index in [4.69, 9.17) is 39.5 Å². The molecule has 0 N–H and O–H groups in total. The molecule has 7 heteroatoms. The van der Waals surface area contributed by atoms with Crippen molar-refractivity contribution in [2.75, 3.05) is 0 Å². The molecule has 0 fully saturated rings. The highest BCUT2D eigenvalue weighted by molar-refractivity contribution is 6.35. The summed E-state index contributed by atoms with van der Waals surface area (Å²) in [4.78, 5) is 4.16. The van der Waals surface area contributed by atoms with Crippen molar-refractivity contribution in [3.05, 3.63) is 80.8 Å². The molecule has 1 aromatic carbocycles. The molecule has 25 heavy (non-hydrogen) atoms. The molecule has 2 aromatic heterocycles. The molecule has 3 rings (SSSR count). The van der Waals surface area contributed by atoms with Crippen molar-refractivity contribution in [1.29, 1.82) is 0 Å². The molecule has 0 aliphatic heterocycles. The summed E-state index contributed by atoms with van der Waals surface area (Å²) in [5.74, 6) is 0. The second-order valence-corrected chi connectivity index (χ2v) is 6.85. The number of benzene rings is 1. The van der Waals surface area contributed by atoms with Crippen LogP contribution < -0.4 is 0 Å². The molecular formula is C18H16Cl3N3O. The second-order valence-electron chi connectivity index (χ2n) is 5.60. The van der Waals surface area contributed by atoms with E-state index in [0.717, 1.165) is 16.8 Å². The average molecular weight is 397 g/mol. The smallest absolute Gasteiger partial charge is 0.105 e. The normalized spacial score (nSPS) is 12.3. The molecule has 0 aliphatic rings. The Bertz CT molecular complexity index is 833. The van der Waals surface area contributed by atoms with Gasteiger partial charge in [0.25, 0.3) is 0 Å². The molecule has 0 spiro atoms. The van der Waals surface area contributed by atoms with Crippen molar-refractivity contribution in [1.82, 2.24) is 14.8 Å². The van der Waals surface area contributed by atoms with Gasteiger partial charge in [0.2, 0.25) is 0 Å². The van der Waals surface area contributed by atoms with Gasteiger partial charge >= 0.3 is 0 Å². The number of ether oxygens (including phenoxy) is 1. The quantitative estimate of drug-likeness (QED) is 0.569. The Morgan fingerprint density at radius 2 is 1.96 bits per heavy atom. The Balaban J connectivity index is 1.83. The summed E-state index contributed by atoms with van der Waals surface area (Å²) < 4.78 is 7.89. The van der Waals surface area contributed by atoms with Gasteiger partial charge in [-0.1, -0.05) is 46.9 Å². The molecule has 1 atom stereocenters. The molecule has 0 saturated heterocycles. The first-order valence-electron chi connectivity index (χ1n) is 7.66. The Kier molecular flexibility index (Phi) is 5.97. The third kappa shape index (κ3) is 4.53. The van der Waals surface area contributed by atoms with Crippen molar-refractivity contribution in [2.45, 2.75) is 19.1 Å². The molecule has 0 amide bonds. The van der Waals surface area contributed by atoms with E-state index in [9.17, 15) is 0 Å². The van der Waals surface area contributed by atoms with Gasteiger partial charge in [0, 0.05) is 35.9 Å². The van der Waals surface area contributed by atoms with Crippen LogP contribution in [0.3, 0.4) is 0 Å². The van der Waals surface area contributed by atoms with Gasteiger partial charge in [-0.05, 0) is 29.3 Å². The van der Waals surface area contributed by atoms with Gasteiger partial charge in [-0.3, -0.25) is 9.67 Å². The maximum atomic E-state index is 6.32. The number of halogens is 3. The Morgan fingerprint density at radius 1 is 1.12 bits per heavy atom. The van der Waals surface area contributed by atoms with Crippen LogP contribution in [0.25, 0.3) is 0 Å². The van der Waals surface area contributed by atoms with E-state index in [1.54, 1.807) is 29.2 Å². The number of hydrogen-bond acceptors (Lipinski definition) is 3. The number of rotatable bonds is 6. The Morgan fingerprint density at radius 3 is 2.60 bits per heavy atom. The second kappa shape index (κ2) is 8.19. The van der Waals surface area contributed by atoms with E-state index in [1.165, 1.54) is 0 Å². The lowest BCUT2D eigenvalue weighted by atomic mass is 10.1. The summed E-state index contributed by atoms with van der Waals surface area (Å²) >= 11 is 18.5. The fourth-order valence-corrected chi connectivity index (χ4v) is 3.33. The van der Waals surface area contributed by atoms with Crippen LogP contribution in [-0.4, -0.2) is 14.8 Å². The van der Waals surface area contributed by atoms with Crippen LogP contribution in [-0.2, 0) is 24.8 Å². The topological polar surface area (TPSA) is 39.9 Å². The van der Waals surface area contributed by atoms with Gasteiger partial charge in [-0.15, -0.1) is 0 Å². The molecule has 4 nitrogen and oxygen atoms in total. The standard InChI is InChI=1S/C18H16Cl3N3O/c1-24-18(16(21)10-23-24)17(7-12-3-2-6-22-9-12)25-11-13-4-5-14(19)8-15(13)20/h2-6,8-10,17H,7,11H2,1H3/t17-/m1/s1. The average Bonchev–Trinajstić information content (AvgIpc) is 2.92. The highest BCUT2D eigenvalue weighted by Crippen LogP contribution is 2.30. The fraction of sp³-hybridized carbons (Fsp3) is 0.222. The fourth-order valence-electron chi connectivity index (χ4n) is 2.58. The Labute approximate surface area is 161 Å². The van der Waals surface area contributed by atoms with Gasteiger partial charge in [-0.25, -0.2) is 0 Å². The van der Waals surface area contributed by atoms with Crippen LogP contribution in [0, 0.1) is 0 Å². The maximum absolute atomic E-state index is 6.32. The van der Waals surface area contributed by atoms with E-state index in [2.05, 4.69) is 10.1 Å². The highest BCUT2D eigenvalue weighted by Gasteiger charge is 2.21. The number of aromatic nitrogens is 3. The number of aryl methyl sites for hydroxylation is 1. The largest absolute Gasteiger partial charge is 0.367 e. The third-order valence-corrected chi connectivity index (χ3v) is 4.72. The molecule has 2 heterocycles. The zero-order valence-corrected chi connectivity index (χ0v) is 15.8. The number of nitrogens with zero attached hydrogens (tertiary/aromatic N) is 3. The predicted octanol–water partition coefficient (Wildman–Crippen LogP) is 5.28. The summed E-state index contributed by atoms with van der Waals surface area (Å²) in [7, 11) is 1.84. The lowest BCUT2D eigenvalue weighted by Crippen LogP contribution is -2.13. The van der Waals surface area contributed by atoms with Crippen molar-refractivity contribution in [2.24, 2.45) is 7.05 Å². The van der Waals surface area contributed by atoms with Crippen LogP contribution in [0.2, 0.25) is 15.1 Å². The van der Waals surface area contributed by atoms with E-state index in [-0.39, 0.29) is 6.10 Å². The van der Waals surface area contributed by atoms with Crippen LogP contribution in [0.5, 0.6) is 0 Å². The van der Waals surface area contributed by atoms with Gasteiger partial charge in [-0.2, -0.15) is 5.10 Å². The maximum Gasteiger partial charge on any atom is 0.105 e. The highest BCUT2D eigenvalue weighted by atomic mass is 35.5. The molecule has 0 unspecified atom stereocenters. The summed E-state index contributed by atoms with van der Waals surface area (Å²) in [6.07, 6.45) is 5.51. The summed E-state index contributed by atoms with van der Waals surface area (Å²) in [5.41, 5.74) is 2.73. The molecule has 130 valence electrons. The lowest BCUT2D eigenvalue weighted by molar-refractivity contribution is 0.0347. The SMILES string of the molecule is Cn1ncc(Cl)c1[C@@H](Cc1cccnc1)OCc1ccc(Cl)cc1Cl. The van der Waals surface area contributed by atoms with Crippen LogP contribution in [0.1, 0.15) is 22.9 Å². The lowest BCUT2D eigenvalue weighted by Gasteiger charge is -2.19. The first-order valence-corrected chi connectivity index (χ1v) is 8.80. The summed E-state index contributed by atoms with van der Waals surface area (Å²) in [6, 6.07) is 9.25. The third-order valence-electron chi connectivity index (χ3n) is 3.84. The number of pyridine rings is 1. The van der Waals surface area contributed by atoms with Crippen molar-refractivity contribution >= 4 is 34.8 Å². The van der Waals surface area contributed by atoms with Crippen molar-refractivity contribution in [3.8, 4) is 0 Å². The molecule has 0 aliphatic carbocycles. The summed E-state index contributed by atoms with van der Waals surface area (Å²) in [5, 5.41) is 5.94. The minimum atomic E-state index is -0.282. The van der Waals surface area contributed by atoms with Gasteiger partial charge < -0.3 is 4.74 Å². The van der Waals surface area contributed by atoms with E-state index in [0.29, 0.717) is 28.1 Å². The van der Waals surface area contributed by atoms with Crippen molar-refractivity contribution in [3.63, 3.8) is 0 Å². The zero-order valence-electron chi connectivity index (χ0n) is 13.5. The first kappa shape index (κ1) is 18.2.